The normalized spacial score (nSPS) is 29.0. The van der Waals surface area contributed by atoms with Crippen LogP contribution in [0.5, 0.6) is 0 Å². The average Bonchev–Trinajstić information content (AvgIpc) is 4.24. The van der Waals surface area contributed by atoms with E-state index in [1.54, 1.807) is 34.1 Å². The quantitative estimate of drug-likeness (QED) is 0.156. The SMILES string of the molecule is CCC[C@H]1CN(C(=O)c2ccc(C(=O)N3C[C@@H](C(=O)N[C@H]4C[C@@H]4c4ccccc4)[C@H](C(=O)N[C@H]4C[C@@H]4c4ccccc4)C3)cc2)C[C@@H]1C(=O)N[C@H]1C[C@@H]1c1ccccc1. The smallest absolute Gasteiger partial charge is 0.253 e. The van der Waals surface area contributed by atoms with E-state index < -0.39 is 11.8 Å². The van der Waals surface area contributed by atoms with Crippen molar-refractivity contribution in [2.45, 2.75) is 74.9 Å². The topological polar surface area (TPSA) is 128 Å². The molecule has 5 amide bonds. The van der Waals surface area contributed by atoms with Crippen molar-refractivity contribution in [3.8, 4) is 0 Å². The van der Waals surface area contributed by atoms with Gasteiger partial charge in [0.1, 0.15) is 0 Å². The van der Waals surface area contributed by atoms with E-state index in [1.807, 2.05) is 54.6 Å². The summed E-state index contributed by atoms with van der Waals surface area (Å²) < 4.78 is 0. The molecule has 0 unspecified atom stereocenters. The maximum atomic E-state index is 14.0. The van der Waals surface area contributed by atoms with Gasteiger partial charge in [-0.2, -0.15) is 0 Å². The van der Waals surface area contributed by atoms with Crippen molar-refractivity contribution in [3.05, 3.63) is 143 Å². The number of nitrogens with zero attached hydrogens (tertiary/aromatic N) is 2. The number of amides is 5. The van der Waals surface area contributed by atoms with E-state index in [-0.39, 0.29) is 84.4 Å². The van der Waals surface area contributed by atoms with Crippen LogP contribution in [0.1, 0.15) is 94.2 Å². The fourth-order valence-corrected chi connectivity index (χ4v) is 9.76. The lowest BCUT2D eigenvalue weighted by atomic mass is 9.91. The van der Waals surface area contributed by atoms with Gasteiger partial charge in [0.25, 0.3) is 11.8 Å². The van der Waals surface area contributed by atoms with E-state index in [0.717, 1.165) is 32.1 Å². The molecule has 0 radical (unpaired) electrons. The Balaban J connectivity index is 0.838. The standard InChI is InChI=1S/C49H53N5O5/c1-2-12-35-26-53(27-39(35)45(55)50-42-23-36(42)30-13-6-3-7-14-30)48(58)33-19-21-34(22-20-33)49(59)54-28-40(46(56)51-43-24-37(43)31-15-8-4-9-16-31)41(29-54)47(57)52-44-25-38(44)32-17-10-5-11-18-32/h3-11,13-22,35-44H,2,12,23-29H2,1H3,(H,50,55)(H,51,56)(H,52,57)/t35-,36+,37+,38+,39-,40+,41+,42-,43-,44-/m0/s1. The van der Waals surface area contributed by atoms with Crippen LogP contribution < -0.4 is 16.0 Å². The lowest BCUT2D eigenvalue weighted by Gasteiger charge is -2.18. The number of benzene rings is 4. The van der Waals surface area contributed by atoms with Crippen LogP contribution in [-0.2, 0) is 14.4 Å². The fourth-order valence-electron chi connectivity index (χ4n) is 9.76. The summed E-state index contributed by atoms with van der Waals surface area (Å²) in [5, 5.41) is 9.66. The Morgan fingerprint density at radius 1 is 0.475 bits per heavy atom. The van der Waals surface area contributed by atoms with E-state index in [9.17, 15) is 24.0 Å². The highest BCUT2D eigenvalue weighted by Gasteiger charge is 2.49. The molecule has 4 aromatic rings. The number of hydrogen-bond donors (Lipinski definition) is 3. The molecule has 5 fully saturated rings. The third-order valence-electron chi connectivity index (χ3n) is 13.4. The highest BCUT2D eigenvalue weighted by molar-refractivity contribution is 5.99. The first-order valence-corrected chi connectivity index (χ1v) is 21.5. The molecule has 3 aliphatic carbocycles. The van der Waals surface area contributed by atoms with E-state index in [0.29, 0.717) is 30.1 Å². The minimum atomic E-state index is -0.689. The van der Waals surface area contributed by atoms with Crippen LogP contribution in [0.4, 0.5) is 0 Å². The van der Waals surface area contributed by atoms with Crippen molar-refractivity contribution < 1.29 is 24.0 Å². The molecule has 10 nitrogen and oxygen atoms in total. The van der Waals surface area contributed by atoms with Crippen LogP contribution in [0, 0.1) is 23.7 Å². The summed E-state index contributed by atoms with van der Waals surface area (Å²) in [7, 11) is 0. The van der Waals surface area contributed by atoms with Crippen LogP contribution in [0.25, 0.3) is 0 Å². The van der Waals surface area contributed by atoms with Crippen molar-refractivity contribution in [2.24, 2.45) is 23.7 Å². The molecule has 4 aromatic carbocycles. The van der Waals surface area contributed by atoms with E-state index in [4.69, 9.17) is 0 Å². The van der Waals surface area contributed by atoms with Gasteiger partial charge in [-0.15, -0.1) is 0 Å². The van der Waals surface area contributed by atoms with Gasteiger partial charge >= 0.3 is 0 Å². The molecule has 0 spiro atoms. The minimum Gasteiger partial charge on any atom is -0.352 e. The summed E-state index contributed by atoms with van der Waals surface area (Å²) in [6.45, 7) is 3.23. The Hall–Kier alpha value is -5.77. The number of carbonyl (C=O) groups excluding carboxylic acids is 5. The first-order chi connectivity index (χ1) is 28.7. The van der Waals surface area contributed by atoms with Crippen molar-refractivity contribution in [2.75, 3.05) is 26.2 Å². The van der Waals surface area contributed by atoms with Crippen LogP contribution in [0.15, 0.2) is 115 Å². The summed E-state index contributed by atoms with van der Waals surface area (Å²) in [4.78, 5) is 72.6. The summed E-state index contributed by atoms with van der Waals surface area (Å²) >= 11 is 0. The van der Waals surface area contributed by atoms with Crippen LogP contribution >= 0.6 is 0 Å². The average molecular weight is 792 g/mol. The molecule has 2 heterocycles. The predicted molar refractivity (Wildman–Crippen MR) is 224 cm³/mol. The summed E-state index contributed by atoms with van der Waals surface area (Å²) in [5.74, 6) is -1.58. The molecule has 3 saturated carbocycles. The molecule has 10 atom stereocenters. The zero-order valence-electron chi connectivity index (χ0n) is 33.5. The third-order valence-corrected chi connectivity index (χ3v) is 13.4. The van der Waals surface area contributed by atoms with Crippen molar-refractivity contribution in [1.29, 1.82) is 0 Å². The molecule has 3 N–H and O–H groups in total. The lowest BCUT2D eigenvalue weighted by Crippen LogP contribution is -2.43. The van der Waals surface area contributed by atoms with Gasteiger partial charge in [0.2, 0.25) is 17.7 Å². The molecular formula is C49H53N5O5. The number of rotatable bonds is 13. The van der Waals surface area contributed by atoms with E-state index in [2.05, 4.69) is 59.3 Å². The summed E-state index contributed by atoms with van der Waals surface area (Å²) in [5.41, 5.74) is 4.44. The van der Waals surface area contributed by atoms with E-state index in [1.165, 1.54) is 16.7 Å². The van der Waals surface area contributed by atoms with Gasteiger partial charge in [-0.1, -0.05) is 104 Å². The van der Waals surface area contributed by atoms with Gasteiger partial charge < -0.3 is 25.8 Å². The largest absolute Gasteiger partial charge is 0.352 e. The predicted octanol–water partition coefficient (Wildman–Crippen LogP) is 5.88. The molecular weight excluding hydrogens is 739 g/mol. The molecule has 10 heteroatoms. The Morgan fingerprint density at radius 3 is 1.19 bits per heavy atom. The Morgan fingerprint density at radius 2 is 0.814 bits per heavy atom. The molecule has 0 aromatic heterocycles. The second kappa shape index (κ2) is 16.5. The maximum absolute atomic E-state index is 14.0. The van der Waals surface area contributed by atoms with Gasteiger partial charge in [-0.25, -0.2) is 0 Å². The van der Waals surface area contributed by atoms with Gasteiger partial charge in [0.15, 0.2) is 0 Å². The van der Waals surface area contributed by atoms with E-state index >= 15 is 0 Å². The fraction of sp³-hybridized carbons (Fsp3) is 0.408. The van der Waals surface area contributed by atoms with Crippen LogP contribution in [0.2, 0.25) is 0 Å². The van der Waals surface area contributed by atoms with Gasteiger partial charge in [0, 0.05) is 73.2 Å². The molecule has 5 aliphatic rings. The van der Waals surface area contributed by atoms with Crippen molar-refractivity contribution >= 4 is 29.5 Å². The zero-order valence-corrected chi connectivity index (χ0v) is 33.5. The first kappa shape index (κ1) is 38.7. The second-order valence-electron chi connectivity index (χ2n) is 17.5. The van der Waals surface area contributed by atoms with Gasteiger partial charge in [0.05, 0.1) is 17.8 Å². The van der Waals surface area contributed by atoms with Crippen LogP contribution in [-0.4, -0.2) is 83.6 Å². The third kappa shape index (κ3) is 8.40. The van der Waals surface area contributed by atoms with Gasteiger partial charge in [-0.3, -0.25) is 24.0 Å². The molecule has 59 heavy (non-hydrogen) atoms. The Kier molecular flexibility index (Phi) is 10.8. The lowest BCUT2D eigenvalue weighted by molar-refractivity contribution is -0.133. The van der Waals surface area contributed by atoms with Crippen molar-refractivity contribution in [1.82, 2.24) is 25.8 Å². The summed E-state index contributed by atoms with van der Waals surface area (Å²) in [6.07, 6.45) is 4.40. The molecule has 9 rings (SSSR count). The summed E-state index contributed by atoms with van der Waals surface area (Å²) in [6, 6.07) is 37.3. The molecule has 0 bridgehead atoms. The second-order valence-corrected chi connectivity index (χ2v) is 17.5. The number of carbonyl (C=O) groups is 5. The number of hydrogen-bond acceptors (Lipinski definition) is 5. The number of likely N-dealkylation sites (tertiary alicyclic amines) is 2. The first-order valence-electron chi connectivity index (χ1n) is 21.5. The minimum absolute atomic E-state index is 0.00273. The zero-order chi connectivity index (χ0) is 40.6. The van der Waals surface area contributed by atoms with Crippen molar-refractivity contribution in [3.63, 3.8) is 0 Å². The van der Waals surface area contributed by atoms with Crippen LogP contribution in [0.3, 0.4) is 0 Å². The monoisotopic (exact) mass is 791 g/mol. The molecule has 304 valence electrons. The highest BCUT2D eigenvalue weighted by Crippen LogP contribution is 2.43. The maximum Gasteiger partial charge on any atom is 0.253 e. The molecule has 2 aliphatic heterocycles. The Labute approximate surface area is 346 Å². The highest BCUT2D eigenvalue weighted by atomic mass is 16.2. The molecule has 2 saturated heterocycles. The number of nitrogens with one attached hydrogen (secondary N) is 3. The Bertz CT molecular complexity index is 2110. The van der Waals surface area contributed by atoms with Gasteiger partial charge in [-0.05, 0) is 72.6 Å².